The van der Waals surface area contributed by atoms with Gasteiger partial charge >= 0.3 is 0 Å². The van der Waals surface area contributed by atoms with Crippen LogP contribution < -0.4 is 16.2 Å². The molecule has 7 heteroatoms. The summed E-state index contributed by atoms with van der Waals surface area (Å²) < 4.78 is 5.04. The Morgan fingerprint density at radius 3 is 2.18 bits per heavy atom. The zero-order valence-corrected chi connectivity index (χ0v) is 14.6. The molecule has 0 fully saturated rings. The van der Waals surface area contributed by atoms with Crippen molar-refractivity contribution in [2.45, 2.75) is 0 Å². The van der Waals surface area contributed by atoms with Crippen LogP contribution in [-0.2, 0) is 0 Å². The highest BCUT2D eigenvalue weighted by Crippen LogP contribution is 2.18. The molecule has 2 heterocycles. The fourth-order valence-corrected chi connectivity index (χ4v) is 2.83. The summed E-state index contributed by atoms with van der Waals surface area (Å²) >= 11 is 0. The molecule has 7 nitrogen and oxygen atoms in total. The van der Waals surface area contributed by atoms with Crippen LogP contribution in [0.15, 0.2) is 82.2 Å². The van der Waals surface area contributed by atoms with Gasteiger partial charge in [-0.3, -0.25) is 14.4 Å². The van der Waals surface area contributed by atoms with Crippen LogP contribution in [0.25, 0.3) is 10.9 Å². The molecule has 0 atom stereocenters. The lowest BCUT2D eigenvalue weighted by Gasteiger charge is -2.09. The van der Waals surface area contributed by atoms with Gasteiger partial charge in [-0.05, 0) is 42.5 Å². The predicted octanol–water partition coefficient (Wildman–Crippen LogP) is 3.63. The number of pyridine rings is 1. The number of carbonyl (C=O) groups excluding carboxylic acids is 2. The van der Waals surface area contributed by atoms with Gasteiger partial charge in [-0.15, -0.1) is 0 Å². The van der Waals surface area contributed by atoms with Crippen LogP contribution >= 0.6 is 0 Å². The van der Waals surface area contributed by atoms with E-state index in [1.807, 2.05) is 0 Å². The van der Waals surface area contributed by atoms with Gasteiger partial charge in [0.25, 0.3) is 11.8 Å². The third-order valence-electron chi connectivity index (χ3n) is 4.14. The lowest BCUT2D eigenvalue weighted by atomic mass is 10.1. The Morgan fingerprint density at radius 2 is 1.50 bits per heavy atom. The third kappa shape index (κ3) is 3.54. The number of carbonyl (C=O) groups is 2. The van der Waals surface area contributed by atoms with E-state index in [-0.39, 0.29) is 22.8 Å². The van der Waals surface area contributed by atoms with Crippen LogP contribution in [-0.4, -0.2) is 16.8 Å². The average molecular weight is 373 g/mol. The highest BCUT2D eigenvalue weighted by molar-refractivity contribution is 6.12. The molecule has 28 heavy (non-hydrogen) atoms. The summed E-state index contributed by atoms with van der Waals surface area (Å²) in [5.41, 5.74) is 1.62. The molecule has 0 aliphatic rings. The second-order valence-corrected chi connectivity index (χ2v) is 6.06. The molecule has 0 radical (unpaired) electrons. The summed E-state index contributed by atoms with van der Waals surface area (Å²) in [7, 11) is 0. The molecule has 0 aliphatic heterocycles. The van der Waals surface area contributed by atoms with Gasteiger partial charge in [-0.2, -0.15) is 0 Å². The molecule has 0 aliphatic carbocycles. The molecule has 0 unspecified atom stereocenters. The van der Waals surface area contributed by atoms with Crippen molar-refractivity contribution >= 4 is 34.1 Å². The molecule has 138 valence electrons. The van der Waals surface area contributed by atoms with E-state index < -0.39 is 5.91 Å². The van der Waals surface area contributed by atoms with Crippen LogP contribution in [0.4, 0.5) is 11.4 Å². The first-order chi connectivity index (χ1) is 13.6. The molecule has 2 aromatic carbocycles. The van der Waals surface area contributed by atoms with Crippen molar-refractivity contribution in [3.63, 3.8) is 0 Å². The molecule has 4 aromatic rings. The van der Waals surface area contributed by atoms with Crippen molar-refractivity contribution in [1.29, 1.82) is 0 Å². The van der Waals surface area contributed by atoms with E-state index >= 15 is 0 Å². The van der Waals surface area contributed by atoms with Gasteiger partial charge in [0, 0.05) is 28.3 Å². The summed E-state index contributed by atoms with van der Waals surface area (Å²) in [6.07, 6.45) is 1.42. The van der Waals surface area contributed by atoms with E-state index in [1.165, 1.54) is 12.3 Å². The fraction of sp³-hybridized carbons (Fsp3) is 0. The monoisotopic (exact) mass is 373 g/mol. The van der Waals surface area contributed by atoms with E-state index in [0.717, 1.165) is 0 Å². The van der Waals surface area contributed by atoms with Crippen molar-refractivity contribution in [2.24, 2.45) is 0 Å². The predicted molar refractivity (Wildman–Crippen MR) is 106 cm³/mol. The van der Waals surface area contributed by atoms with Crippen molar-refractivity contribution in [3.8, 4) is 0 Å². The summed E-state index contributed by atoms with van der Waals surface area (Å²) in [6.45, 7) is 0. The quantitative estimate of drug-likeness (QED) is 0.508. The zero-order valence-electron chi connectivity index (χ0n) is 14.6. The second kappa shape index (κ2) is 7.24. The standard InChI is InChI=1S/C21H15N3O4/c25-19-12-16(15-4-1-2-5-17(15)24-19)20(26)22-13-7-9-14(10-8-13)23-21(27)18-6-3-11-28-18/h1-12H,(H,22,26)(H,23,27)(H,24,25). The fourth-order valence-electron chi connectivity index (χ4n) is 2.83. The Bertz CT molecular complexity index is 1210. The van der Waals surface area contributed by atoms with Gasteiger partial charge in [0.05, 0.1) is 11.8 Å². The maximum atomic E-state index is 12.7. The number of benzene rings is 2. The number of rotatable bonds is 4. The molecule has 2 aromatic heterocycles. The Labute approximate surface area is 159 Å². The number of H-pyrrole nitrogens is 1. The van der Waals surface area contributed by atoms with E-state index in [1.54, 1.807) is 60.7 Å². The lowest BCUT2D eigenvalue weighted by molar-refractivity contribution is 0.0994. The largest absolute Gasteiger partial charge is 0.459 e. The van der Waals surface area contributed by atoms with Gasteiger partial charge in [0.1, 0.15) is 0 Å². The van der Waals surface area contributed by atoms with Crippen molar-refractivity contribution in [1.82, 2.24) is 4.98 Å². The molecular weight excluding hydrogens is 358 g/mol. The van der Waals surface area contributed by atoms with E-state index in [9.17, 15) is 14.4 Å². The number of aromatic nitrogens is 1. The molecule has 0 bridgehead atoms. The van der Waals surface area contributed by atoms with Gasteiger partial charge in [0.15, 0.2) is 5.76 Å². The van der Waals surface area contributed by atoms with Gasteiger partial charge < -0.3 is 20.0 Å². The Balaban J connectivity index is 1.51. The first-order valence-corrected chi connectivity index (χ1v) is 8.48. The van der Waals surface area contributed by atoms with Crippen LogP contribution in [0.2, 0.25) is 0 Å². The molecule has 0 saturated carbocycles. The van der Waals surface area contributed by atoms with Gasteiger partial charge in [-0.25, -0.2) is 0 Å². The molecule has 4 rings (SSSR count). The normalized spacial score (nSPS) is 10.6. The first-order valence-electron chi connectivity index (χ1n) is 8.48. The summed E-state index contributed by atoms with van der Waals surface area (Å²) in [5, 5.41) is 6.11. The molecule has 0 spiro atoms. The Morgan fingerprint density at radius 1 is 0.821 bits per heavy atom. The molecule has 3 N–H and O–H groups in total. The summed E-state index contributed by atoms with van der Waals surface area (Å²) in [4.78, 5) is 39.1. The molecule has 0 saturated heterocycles. The maximum Gasteiger partial charge on any atom is 0.291 e. The number of fused-ring (bicyclic) bond motifs is 1. The van der Waals surface area contributed by atoms with Crippen molar-refractivity contribution < 1.29 is 14.0 Å². The SMILES string of the molecule is O=C(Nc1ccc(NC(=O)c2cc(=O)[nH]c3ccccc23)cc1)c1ccco1. The highest BCUT2D eigenvalue weighted by atomic mass is 16.3. The number of hydrogen-bond acceptors (Lipinski definition) is 4. The van der Waals surface area contributed by atoms with E-state index in [0.29, 0.717) is 22.3 Å². The number of para-hydroxylation sites is 1. The summed E-state index contributed by atoms with van der Waals surface area (Å²) in [5.74, 6) is -0.551. The van der Waals surface area contributed by atoms with Crippen LogP contribution in [0.5, 0.6) is 0 Å². The molecule has 2 amide bonds. The number of furan rings is 1. The number of amides is 2. The molecular formula is C21H15N3O4. The smallest absolute Gasteiger partial charge is 0.291 e. The highest BCUT2D eigenvalue weighted by Gasteiger charge is 2.12. The van der Waals surface area contributed by atoms with Crippen molar-refractivity contribution in [2.75, 3.05) is 10.6 Å². The minimum absolute atomic E-state index is 0.207. The Kier molecular flexibility index (Phi) is 4.47. The van der Waals surface area contributed by atoms with Gasteiger partial charge in [-0.1, -0.05) is 18.2 Å². The van der Waals surface area contributed by atoms with Crippen LogP contribution in [0.1, 0.15) is 20.9 Å². The average Bonchev–Trinajstić information content (AvgIpc) is 3.24. The van der Waals surface area contributed by atoms with E-state index in [2.05, 4.69) is 15.6 Å². The zero-order chi connectivity index (χ0) is 19.5. The minimum Gasteiger partial charge on any atom is -0.459 e. The number of hydrogen-bond donors (Lipinski definition) is 3. The maximum absolute atomic E-state index is 12.7. The lowest BCUT2D eigenvalue weighted by Crippen LogP contribution is -2.17. The number of anilines is 2. The number of nitrogens with one attached hydrogen (secondary N) is 3. The van der Waals surface area contributed by atoms with Crippen LogP contribution in [0.3, 0.4) is 0 Å². The van der Waals surface area contributed by atoms with Crippen molar-refractivity contribution in [3.05, 3.63) is 94.7 Å². The third-order valence-corrected chi connectivity index (χ3v) is 4.14. The second-order valence-electron chi connectivity index (χ2n) is 6.06. The number of aromatic amines is 1. The Hall–Kier alpha value is -4.13. The van der Waals surface area contributed by atoms with Crippen LogP contribution in [0, 0.1) is 0 Å². The minimum atomic E-state index is -0.394. The first kappa shape index (κ1) is 17.3. The van der Waals surface area contributed by atoms with E-state index in [4.69, 9.17) is 4.42 Å². The summed E-state index contributed by atoms with van der Waals surface area (Å²) in [6, 6.07) is 18.2. The topological polar surface area (TPSA) is 104 Å². The van der Waals surface area contributed by atoms with Gasteiger partial charge in [0.2, 0.25) is 5.56 Å².